The van der Waals surface area contributed by atoms with Crippen LogP contribution < -0.4 is 15.8 Å². The summed E-state index contributed by atoms with van der Waals surface area (Å²) in [6.07, 6.45) is 1.94. The summed E-state index contributed by atoms with van der Waals surface area (Å²) in [6.45, 7) is 8.39. The lowest BCUT2D eigenvalue weighted by Gasteiger charge is -2.52. The quantitative estimate of drug-likeness (QED) is 0.429. The number of amides is 3. The van der Waals surface area contributed by atoms with Crippen molar-refractivity contribution in [1.82, 2.24) is 15.1 Å². The van der Waals surface area contributed by atoms with Crippen molar-refractivity contribution in [3.8, 4) is 11.5 Å². The maximum Gasteiger partial charge on any atom is 0.248 e. The maximum absolute atomic E-state index is 13.5. The second-order valence-corrected chi connectivity index (χ2v) is 11.0. The number of piperidine rings is 1. The number of ether oxygens (including phenoxy) is 1. The number of carbonyl (C=O) groups is 3. The van der Waals surface area contributed by atoms with E-state index in [1.165, 1.54) is 0 Å². The van der Waals surface area contributed by atoms with Gasteiger partial charge in [0.15, 0.2) is 0 Å². The van der Waals surface area contributed by atoms with E-state index < -0.39 is 23.6 Å². The minimum atomic E-state index is -0.913. The zero-order chi connectivity index (χ0) is 28.2. The Morgan fingerprint density at radius 1 is 1.08 bits per heavy atom. The van der Waals surface area contributed by atoms with Crippen molar-refractivity contribution in [2.75, 3.05) is 19.6 Å². The third-order valence-corrected chi connectivity index (χ3v) is 7.91. The molecule has 0 saturated carbocycles. The summed E-state index contributed by atoms with van der Waals surface area (Å²) in [5, 5.41) is 13.5. The van der Waals surface area contributed by atoms with Gasteiger partial charge in [-0.3, -0.25) is 19.3 Å². The number of nitrogens with two attached hydrogens (primary N) is 1. The van der Waals surface area contributed by atoms with Crippen LogP contribution in [0.15, 0.2) is 48.5 Å². The Labute approximate surface area is 230 Å². The number of nitrogens with zero attached hydrogens (tertiary/aromatic N) is 2. The van der Waals surface area contributed by atoms with Crippen LogP contribution in [0.2, 0.25) is 0 Å². The highest BCUT2D eigenvalue weighted by molar-refractivity contribution is 6.00. The first-order valence-corrected chi connectivity index (χ1v) is 13.8. The van der Waals surface area contributed by atoms with E-state index in [2.05, 4.69) is 17.1 Å². The van der Waals surface area contributed by atoms with Gasteiger partial charge in [0.2, 0.25) is 17.7 Å². The average Bonchev–Trinajstić information content (AvgIpc) is 2.93. The number of hydrogen-bond donors (Lipinski definition) is 3. The molecule has 0 unspecified atom stereocenters. The van der Waals surface area contributed by atoms with E-state index in [9.17, 15) is 19.5 Å². The van der Waals surface area contributed by atoms with E-state index in [4.69, 9.17) is 10.5 Å². The van der Waals surface area contributed by atoms with Crippen molar-refractivity contribution in [2.24, 2.45) is 11.7 Å². The molecule has 2 heterocycles. The Balaban J connectivity index is 1.38. The van der Waals surface area contributed by atoms with Crippen molar-refractivity contribution in [3.05, 3.63) is 59.7 Å². The lowest BCUT2D eigenvalue weighted by atomic mass is 9.80. The van der Waals surface area contributed by atoms with Crippen LogP contribution in [-0.4, -0.2) is 69.9 Å². The first kappa shape index (κ1) is 28.6. The van der Waals surface area contributed by atoms with Crippen LogP contribution in [0.4, 0.5) is 0 Å². The number of aliphatic hydroxyl groups is 1. The maximum atomic E-state index is 13.5. The van der Waals surface area contributed by atoms with E-state index >= 15 is 0 Å². The molecule has 2 aromatic carbocycles. The smallest absolute Gasteiger partial charge is 0.248 e. The highest BCUT2D eigenvalue weighted by Crippen LogP contribution is 2.35. The standard InChI is InChI=1S/C30H40N4O5/c1-4-5-16-34-28(37)25(26(35)20(2)3)32-29(38)30(34)14-17-33(18-15-30)19-21-6-10-23(11-7-21)39-24-12-8-22(9-13-24)27(31)36/h6-13,20,25-26,35H,4-5,14-19H2,1-3H3,(H2,31,36)(H,32,38)/t25-,26-/m1/s1. The fourth-order valence-corrected chi connectivity index (χ4v) is 5.42. The van der Waals surface area contributed by atoms with E-state index in [1.54, 1.807) is 29.2 Å². The predicted octanol–water partition coefficient (Wildman–Crippen LogP) is 3.06. The lowest BCUT2D eigenvalue weighted by molar-refractivity contribution is -0.165. The van der Waals surface area contributed by atoms with Gasteiger partial charge in [-0.05, 0) is 67.1 Å². The SMILES string of the molecule is CCCCN1C(=O)[C@@H]([C@H](O)C(C)C)NC(=O)C12CCN(Cc1ccc(Oc3ccc(C(N)=O)cc3)cc1)CC2. The lowest BCUT2D eigenvalue weighted by Crippen LogP contribution is -2.74. The highest BCUT2D eigenvalue weighted by Gasteiger charge is 2.54. The normalized spacial score (nSPS) is 20.2. The Bertz CT molecular complexity index is 1160. The van der Waals surface area contributed by atoms with Gasteiger partial charge >= 0.3 is 0 Å². The van der Waals surface area contributed by atoms with Crippen LogP contribution in [0, 0.1) is 5.92 Å². The molecule has 0 aromatic heterocycles. The minimum absolute atomic E-state index is 0.137. The predicted molar refractivity (Wildman–Crippen MR) is 148 cm³/mol. The topological polar surface area (TPSA) is 125 Å². The van der Waals surface area contributed by atoms with E-state index in [0.29, 0.717) is 49.5 Å². The van der Waals surface area contributed by atoms with Crippen LogP contribution in [0.5, 0.6) is 11.5 Å². The average molecular weight is 537 g/mol. The van der Waals surface area contributed by atoms with Gasteiger partial charge in [-0.15, -0.1) is 0 Å². The summed E-state index contributed by atoms with van der Waals surface area (Å²) < 4.78 is 5.87. The van der Waals surface area contributed by atoms with Crippen LogP contribution >= 0.6 is 0 Å². The minimum Gasteiger partial charge on any atom is -0.457 e. The van der Waals surface area contributed by atoms with Gasteiger partial charge < -0.3 is 25.8 Å². The molecule has 2 saturated heterocycles. The number of benzene rings is 2. The third-order valence-electron chi connectivity index (χ3n) is 7.91. The van der Waals surface area contributed by atoms with Gasteiger partial charge in [0.05, 0.1) is 6.10 Å². The van der Waals surface area contributed by atoms with Gasteiger partial charge in [0, 0.05) is 31.7 Å². The molecule has 4 rings (SSSR count). The number of nitrogens with one attached hydrogen (secondary N) is 1. The van der Waals surface area contributed by atoms with Crippen molar-refractivity contribution >= 4 is 17.7 Å². The molecular weight excluding hydrogens is 496 g/mol. The monoisotopic (exact) mass is 536 g/mol. The molecule has 3 amide bonds. The van der Waals surface area contributed by atoms with Crippen molar-refractivity contribution in [1.29, 1.82) is 0 Å². The fraction of sp³-hybridized carbons (Fsp3) is 0.500. The number of likely N-dealkylation sites (tertiary alicyclic amines) is 1. The molecule has 2 fully saturated rings. The second kappa shape index (κ2) is 12.2. The van der Waals surface area contributed by atoms with Crippen molar-refractivity contribution < 1.29 is 24.2 Å². The van der Waals surface area contributed by atoms with Crippen LogP contribution in [0.25, 0.3) is 0 Å². The number of unbranched alkanes of at least 4 members (excludes halogenated alkanes) is 1. The Morgan fingerprint density at radius 2 is 1.67 bits per heavy atom. The molecule has 39 heavy (non-hydrogen) atoms. The molecule has 2 aromatic rings. The van der Waals surface area contributed by atoms with Gasteiger partial charge in [-0.2, -0.15) is 0 Å². The first-order valence-electron chi connectivity index (χ1n) is 13.8. The second-order valence-electron chi connectivity index (χ2n) is 11.0. The molecule has 0 aliphatic carbocycles. The Morgan fingerprint density at radius 3 is 2.21 bits per heavy atom. The number of primary amides is 1. The van der Waals surface area contributed by atoms with E-state index in [1.807, 2.05) is 38.1 Å². The van der Waals surface area contributed by atoms with Gasteiger partial charge in [0.25, 0.3) is 0 Å². The van der Waals surface area contributed by atoms with E-state index in [-0.39, 0.29) is 17.7 Å². The van der Waals surface area contributed by atoms with Crippen LogP contribution in [0.1, 0.15) is 62.4 Å². The number of piperazine rings is 1. The number of aliphatic hydroxyl groups excluding tert-OH is 1. The third kappa shape index (κ3) is 6.25. The number of rotatable bonds is 10. The van der Waals surface area contributed by atoms with Gasteiger partial charge in [0.1, 0.15) is 23.1 Å². The molecule has 9 heteroatoms. The van der Waals surface area contributed by atoms with Crippen LogP contribution in [-0.2, 0) is 16.1 Å². The molecule has 2 aliphatic rings. The molecule has 9 nitrogen and oxygen atoms in total. The molecule has 4 N–H and O–H groups in total. The summed E-state index contributed by atoms with van der Waals surface area (Å²) in [4.78, 5) is 42.3. The van der Waals surface area contributed by atoms with Gasteiger partial charge in [-0.25, -0.2) is 0 Å². The first-order chi connectivity index (χ1) is 18.6. The summed E-state index contributed by atoms with van der Waals surface area (Å²) in [5.41, 5.74) is 5.97. The van der Waals surface area contributed by atoms with Gasteiger partial charge in [-0.1, -0.05) is 39.3 Å². The summed E-state index contributed by atoms with van der Waals surface area (Å²) in [7, 11) is 0. The molecule has 210 valence electrons. The molecule has 2 aliphatic heterocycles. The number of carbonyl (C=O) groups excluding carboxylic acids is 3. The number of hydrogen-bond acceptors (Lipinski definition) is 6. The highest BCUT2D eigenvalue weighted by atomic mass is 16.5. The molecule has 1 spiro atoms. The van der Waals surface area contributed by atoms with Crippen LogP contribution in [0.3, 0.4) is 0 Å². The molecule has 0 radical (unpaired) electrons. The summed E-state index contributed by atoms with van der Waals surface area (Å²) in [6, 6.07) is 13.6. The van der Waals surface area contributed by atoms with Crippen molar-refractivity contribution in [3.63, 3.8) is 0 Å². The van der Waals surface area contributed by atoms with Crippen molar-refractivity contribution in [2.45, 2.75) is 70.7 Å². The largest absolute Gasteiger partial charge is 0.457 e. The summed E-state index contributed by atoms with van der Waals surface area (Å²) in [5.74, 6) is 0.372. The molecule has 0 bridgehead atoms. The zero-order valence-corrected chi connectivity index (χ0v) is 23.1. The summed E-state index contributed by atoms with van der Waals surface area (Å²) >= 11 is 0. The molecular formula is C30H40N4O5. The molecule has 2 atom stereocenters. The Hall–Kier alpha value is -3.43. The Kier molecular flexibility index (Phi) is 8.92. The van der Waals surface area contributed by atoms with E-state index in [0.717, 1.165) is 24.9 Å². The zero-order valence-electron chi connectivity index (χ0n) is 23.1. The fourth-order valence-electron chi connectivity index (χ4n) is 5.42.